The van der Waals surface area contributed by atoms with Crippen LogP contribution in [0, 0.1) is 3.57 Å². The van der Waals surface area contributed by atoms with Gasteiger partial charge >= 0.3 is 0 Å². The lowest BCUT2D eigenvalue weighted by atomic mass is 9.77. The molecule has 1 unspecified atom stereocenters. The first-order valence-electron chi connectivity index (χ1n) is 6.88. The number of rotatable bonds is 3. The number of hydrogen-bond donors (Lipinski definition) is 1. The Morgan fingerprint density at radius 1 is 1.10 bits per heavy atom. The Labute approximate surface area is 141 Å². The molecule has 1 atom stereocenters. The van der Waals surface area contributed by atoms with Gasteiger partial charge in [0.05, 0.1) is 0 Å². The average Bonchev–Trinajstić information content (AvgIpc) is 2.39. The molecule has 2 aromatic rings. The van der Waals surface area contributed by atoms with E-state index in [1.54, 1.807) is 0 Å². The molecule has 0 spiro atoms. The van der Waals surface area contributed by atoms with Gasteiger partial charge in [-0.05, 0) is 70.7 Å². The van der Waals surface area contributed by atoms with Crippen LogP contribution in [-0.4, -0.2) is 5.11 Å². The Hall–Kier alpha value is -0.390. The molecule has 3 heteroatoms. The topological polar surface area (TPSA) is 20.2 Å². The Morgan fingerprint density at radius 3 is 2.55 bits per heavy atom. The number of hydrogen-bond acceptors (Lipinski definition) is 1. The molecule has 0 aliphatic heterocycles. The van der Waals surface area contributed by atoms with Crippen molar-refractivity contribution >= 4 is 38.5 Å². The number of aliphatic hydroxyl groups is 1. The second-order valence-electron chi connectivity index (χ2n) is 5.33. The van der Waals surface area contributed by atoms with Crippen LogP contribution in [-0.2, 0) is 0 Å². The molecular formula is C17H16BrIO. The summed E-state index contributed by atoms with van der Waals surface area (Å²) in [5.41, 5.74) is 3.32. The van der Waals surface area contributed by atoms with Gasteiger partial charge < -0.3 is 5.11 Å². The summed E-state index contributed by atoms with van der Waals surface area (Å²) in [6, 6.07) is 14.4. The van der Waals surface area contributed by atoms with Crippen LogP contribution in [0.15, 0.2) is 46.9 Å². The lowest BCUT2D eigenvalue weighted by molar-refractivity contribution is 0.216. The van der Waals surface area contributed by atoms with E-state index in [0.717, 1.165) is 19.2 Å². The van der Waals surface area contributed by atoms with E-state index in [2.05, 4.69) is 56.7 Å². The summed E-state index contributed by atoms with van der Waals surface area (Å²) in [4.78, 5) is 0. The largest absolute Gasteiger partial charge is 0.384 e. The number of halogens is 2. The van der Waals surface area contributed by atoms with Gasteiger partial charge in [-0.25, -0.2) is 0 Å². The maximum atomic E-state index is 10.8. The van der Waals surface area contributed by atoms with Crippen LogP contribution >= 0.6 is 38.5 Å². The monoisotopic (exact) mass is 442 g/mol. The quantitative estimate of drug-likeness (QED) is 0.630. The molecule has 2 aromatic carbocycles. The summed E-state index contributed by atoms with van der Waals surface area (Å²) in [6.07, 6.45) is 3.24. The van der Waals surface area contributed by atoms with Crippen molar-refractivity contribution in [2.45, 2.75) is 31.3 Å². The van der Waals surface area contributed by atoms with E-state index in [0.29, 0.717) is 5.92 Å². The summed E-state index contributed by atoms with van der Waals surface area (Å²) >= 11 is 5.84. The molecule has 1 aliphatic carbocycles. The molecule has 3 rings (SSSR count). The minimum atomic E-state index is -0.559. The van der Waals surface area contributed by atoms with Gasteiger partial charge in [0.25, 0.3) is 0 Å². The predicted octanol–water partition coefficient (Wildman–Crippen LogP) is 5.40. The van der Waals surface area contributed by atoms with Gasteiger partial charge in [0.15, 0.2) is 0 Å². The summed E-state index contributed by atoms with van der Waals surface area (Å²) < 4.78 is 2.11. The second kappa shape index (κ2) is 6.16. The maximum Gasteiger partial charge on any atom is 0.105 e. The molecule has 0 amide bonds. The van der Waals surface area contributed by atoms with Crippen molar-refractivity contribution in [3.8, 4) is 0 Å². The van der Waals surface area contributed by atoms with Crippen LogP contribution in [0.4, 0.5) is 0 Å². The highest BCUT2D eigenvalue weighted by Crippen LogP contribution is 2.41. The molecule has 1 nitrogen and oxygen atoms in total. The fourth-order valence-corrected chi connectivity index (χ4v) is 3.72. The third-order valence-corrected chi connectivity index (χ3v) is 5.48. The Kier molecular flexibility index (Phi) is 4.48. The first-order chi connectivity index (χ1) is 9.66. The van der Waals surface area contributed by atoms with Crippen LogP contribution in [0.25, 0.3) is 0 Å². The van der Waals surface area contributed by atoms with Crippen LogP contribution in [0.1, 0.15) is 48.0 Å². The third-order valence-electron chi connectivity index (χ3n) is 4.09. The summed E-state index contributed by atoms with van der Waals surface area (Å²) in [7, 11) is 0. The zero-order valence-corrected chi connectivity index (χ0v) is 14.8. The van der Waals surface area contributed by atoms with Gasteiger partial charge in [0, 0.05) is 13.6 Å². The minimum absolute atomic E-state index is 0.559. The van der Waals surface area contributed by atoms with Crippen molar-refractivity contribution in [2.75, 3.05) is 0 Å². The molecule has 0 bridgehead atoms. The van der Waals surface area contributed by atoms with Gasteiger partial charge in [-0.2, -0.15) is 0 Å². The molecule has 1 saturated carbocycles. The van der Waals surface area contributed by atoms with Crippen LogP contribution in [0.5, 0.6) is 0 Å². The zero-order valence-electron chi connectivity index (χ0n) is 11.0. The summed E-state index contributed by atoms with van der Waals surface area (Å²) in [5, 5.41) is 10.8. The van der Waals surface area contributed by atoms with E-state index >= 15 is 0 Å². The van der Waals surface area contributed by atoms with Crippen molar-refractivity contribution in [3.05, 3.63) is 67.2 Å². The molecule has 1 N–H and O–H groups in total. The van der Waals surface area contributed by atoms with Gasteiger partial charge in [-0.1, -0.05) is 46.6 Å². The molecule has 104 valence electrons. The van der Waals surface area contributed by atoms with Gasteiger partial charge in [-0.15, -0.1) is 0 Å². The highest BCUT2D eigenvalue weighted by molar-refractivity contribution is 14.1. The molecule has 0 heterocycles. The highest BCUT2D eigenvalue weighted by atomic mass is 127. The molecular weight excluding hydrogens is 427 g/mol. The van der Waals surface area contributed by atoms with Crippen molar-refractivity contribution in [1.29, 1.82) is 0 Å². The van der Waals surface area contributed by atoms with Crippen molar-refractivity contribution in [2.24, 2.45) is 0 Å². The Balaban J connectivity index is 2.01. The molecule has 0 radical (unpaired) electrons. The van der Waals surface area contributed by atoms with Crippen molar-refractivity contribution in [3.63, 3.8) is 0 Å². The summed E-state index contributed by atoms with van der Waals surface area (Å²) in [6.45, 7) is 0. The normalized spacial score (nSPS) is 16.8. The van der Waals surface area contributed by atoms with Gasteiger partial charge in [0.2, 0.25) is 0 Å². The first kappa shape index (κ1) is 14.5. The maximum absolute atomic E-state index is 10.8. The average molecular weight is 443 g/mol. The van der Waals surface area contributed by atoms with E-state index in [9.17, 15) is 5.11 Å². The van der Waals surface area contributed by atoms with E-state index in [-0.39, 0.29) is 0 Å². The van der Waals surface area contributed by atoms with Crippen molar-refractivity contribution in [1.82, 2.24) is 0 Å². The molecule has 0 aromatic heterocycles. The van der Waals surface area contributed by atoms with E-state index in [1.165, 1.54) is 24.8 Å². The lowest BCUT2D eigenvalue weighted by Gasteiger charge is -2.29. The molecule has 0 saturated heterocycles. The molecule has 1 fully saturated rings. The standard InChI is InChI=1S/C17H16BrIO/c18-16-9-8-12(19)10-15(16)17(20)14-7-2-1-6-13(14)11-4-3-5-11/h1-2,6-11,17,20H,3-5H2. The third kappa shape index (κ3) is 2.81. The molecule has 1 aliphatic rings. The fourth-order valence-electron chi connectivity index (χ4n) is 2.74. The molecule has 20 heavy (non-hydrogen) atoms. The van der Waals surface area contributed by atoms with E-state index < -0.39 is 6.10 Å². The second-order valence-corrected chi connectivity index (χ2v) is 7.43. The van der Waals surface area contributed by atoms with Crippen molar-refractivity contribution < 1.29 is 5.11 Å². The van der Waals surface area contributed by atoms with Crippen LogP contribution in [0.3, 0.4) is 0 Å². The van der Waals surface area contributed by atoms with E-state index in [1.807, 2.05) is 24.3 Å². The zero-order chi connectivity index (χ0) is 14.1. The predicted molar refractivity (Wildman–Crippen MR) is 94.0 cm³/mol. The van der Waals surface area contributed by atoms with Gasteiger partial charge in [-0.3, -0.25) is 0 Å². The van der Waals surface area contributed by atoms with Gasteiger partial charge in [0.1, 0.15) is 6.10 Å². The smallest absolute Gasteiger partial charge is 0.105 e. The Bertz CT molecular complexity index is 622. The fraction of sp³-hybridized carbons (Fsp3) is 0.294. The van der Waals surface area contributed by atoms with Crippen LogP contribution < -0.4 is 0 Å². The SMILES string of the molecule is OC(c1cc(I)ccc1Br)c1ccccc1C1CCC1. The number of aliphatic hydroxyl groups excluding tert-OH is 1. The van der Waals surface area contributed by atoms with E-state index in [4.69, 9.17) is 0 Å². The first-order valence-corrected chi connectivity index (χ1v) is 8.76. The lowest BCUT2D eigenvalue weighted by Crippen LogP contribution is -2.13. The highest BCUT2D eigenvalue weighted by Gasteiger charge is 2.25. The Morgan fingerprint density at radius 2 is 1.85 bits per heavy atom. The summed E-state index contributed by atoms with van der Waals surface area (Å²) in [5.74, 6) is 0.627. The minimum Gasteiger partial charge on any atom is -0.384 e. The number of benzene rings is 2. The van der Waals surface area contributed by atoms with Crippen LogP contribution in [0.2, 0.25) is 0 Å².